The van der Waals surface area contributed by atoms with E-state index in [9.17, 15) is 22.5 Å². The van der Waals surface area contributed by atoms with Gasteiger partial charge in [-0.15, -0.1) is 10.2 Å². The quantitative estimate of drug-likeness (QED) is 0.419. The van der Waals surface area contributed by atoms with Crippen LogP contribution in [0.5, 0.6) is 0 Å². The number of hydrogen-bond donors (Lipinski definition) is 2. The number of ether oxygens (including phenoxy) is 1. The SMILES string of the molecule is O=C1O[C@H](C(OP(=O)(O)O)C(F)F)CN1c1ccc(-c2ccc(-c3nnn(C4CC4)n3)nc2)c(F)c1. The monoisotopic (exact) mass is 526 g/mol. The molecule has 2 N–H and O–H groups in total. The molecular weight excluding hydrogens is 508 g/mol. The lowest BCUT2D eigenvalue weighted by molar-refractivity contribution is -0.0610. The number of rotatable bonds is 8. The number of pyridine rings is 1. The van der Waals surface area contributed by atoms with Crippen LogP contribution in [0.4, 0.5) is 23.7 Å². The molecule has 3 heterocycles. The van der Waals surface area contributed by atoms with Gasteiger partial charge in [-0.2, -0.15) is 4.80 Å². The van der Waals surface area contributed by atoms with E-state index < -0.39 is 44.9 Å². The molecule has 0 radical (unpaired) electrons. The van der Waals surface area contributed by atoms with Crippen molar-refractivity contribution in [1.82, 2.24) is 25.2 Å². The van der Waals surface area contributed by atoms with Gasteiger partial charge in [-0.05, 0) is 42.3 Å². The van der Waals surface area contributed by atoms with Gasteiger partial charge in [-0.1, -0.05) is 6.07 Å². The topological polar surface area (TPSA) is 153 Å². The van der Waals surface area contributed by atoms with Crippen LogP contribution in [0, 0.1) is 5.82 Å². The summed E-state index contributed by atoms with van der Waals surface area (Å²) in [5.74, 6) is -0.385. The Hall–Kier alpha value is -3.39. The lowest BCUT2D eigenvalue weighted by atomic mass is 10.1. The summed E-state index contributed by atoms with van der Waals surface area (Å²) in [7, 11) is -5.28. The molecule has 1 aliphatic heterocycles. The number of alkyl halides is 2. The van der Waals surface area contributed by atoms with Gasteiger partial charge in [-0.3, -0.25) is 14.4 Å². The minimum absolute atomic E-state index is 0.00147. The smallest absolute Gasteiger partial charge is 0.441 e. The van der Waals surface area contributed by atoms with Crippen LogP contribution in [-0.4, -0.2) is 66.2 Å². The summed E-state index contributed by atoms with van der Waals surface area (Å²) in [6.45, 7) is -0.530. The van der Waals surface area contributed by atoms with Crippen molar-refractivity contribution in [3.05, 3.63) is 42.3 Å². The number of benzene rings is 1. The van der Waals surface area contributed by atoms with E-state index in [-0.39, 0.29) is 17.3 Å². The molecule has 2 aromatic heterocycles. The molecule has 12 nitrogen and oxygen atoms in total. The van der Waals surface area contributed by atoms with Crippen LogP contribution >= 0.6 is 7.82 Å². The van der Waals surface area contributed by atoms with Crippen LogP contribution in [0.2, 0.25) is 0 Å². The van der Waals surface area contributed by atoms with E-state index in [1.807, 2.05) is 0 Å². The van der Waals surface area contributed by atoms with Crippen molar-refractivity contribution >= 4 is 19.6 Å². The van der Waals surface area contributed by atoms with Gasteiger partial charge >= 0.3 is 13.9 Å². The Labute approximate surface area is 200 Å². The number of phosphoric acid groups is 1. The van der Waals surface area contributed by atoms with E-state index in [1.54, 1.807) is 16.9 Å². The van der Waals surface area contributed by atoms with Crippen molar-refractivity contribution in [3.8, 4) is 22.6 Å². The highest BCUT2D eigenvalue weighted by molar-refractivity contribution is 7.46. The van der Waals surface area contributed by atoms with E-state index in [4.69, 9.17) is 14.5 Å². The fourth-order valence-corrected chi connectivity index (χ4v) is 4.23. The number of carbonyl (C=O) groups is 1. The van der Waals surface area contributed by atoms with Crippen LogP contribution in [0.3, 0.4) is 0 Å². The third-order valence-corrected chi connectivity index (χ3v) is 6.10. The Morgan fingerprint density at radius 2 is 1.97 bits per heavy atom. The number of cyclic esters (lactones) is 1. The first-order valence-electron chi connectivity index (χ1n) is 10.6. The maximum absolute atomic E-state index is 15.0. The minimum atomic E-state index is -5.28. The van der Waals surface area contributed by atoms with Gasteiger partial charge in [-0.25, -0.2) is 22.5 Å². The van der Waals surface area contributed by atoms with Crippen LogP contribution in [0.15, 0.2) is 36.5 Å². The summed E-state index contributed by atoms with van der Waals surface area (Å²) in [5, 5.41) is 12.3. The number of amides is 1. The molecule has 1 aliphatic carbocycles. The maximum Gasteiger partial charge on any atom is 0.470 e. The number of carbonyl (C=O) groups excluding carboxylic acids is 1. The lowest BCUT2D eigenvalue weighted by Crippen LogP contribution is -2.38. The number of halogens is 3. The predicted octanol–water partition coefficient (Wildman–Crippen LogP) is 2.94. The average Bonchev–Trinajstić information content (AvgIpc) is 3.42. The standard InChI is InChI=1S/C20H18F3N6O6P/c21-14-7-12(28-9-16(34-20(28)30)17(18(22)23)35-36(31,32)33)4-5-13(14)10-1-6-15(24-8-10)19-25-27-29(26-19)11-2-3-11/h1,4-8,11,16-18H,2-3,9H2,(H2,31,32,33)/t16-,17?/m0/s1. The zero-order valence-corrected chi connectivity index (χ0v) is 19.1. The largest absolute Gasteiger partial charge is 0.470 e. The van der Waals surface area contributed by atoms with E-state index >= 15 is 0 Å². The molecule has 2 atom stereocenters. The second kappa shape index (κ2) is 9.24. The van der Waals surface area contributed by atoms with Gasteiger partial charge < -0.3 is 14.5 Å². The van der Waals surface area contributed by atoms with Crippen LogP contribution in [-0.2, 0) is 13.8 Å². The van der Waals surface area contributed by atoms with Gasteiger partial charge in [0.15, 0.2) is 12.2 Å². The first kappa shape index (κ1) is 24.3. The van der Waals surface area contributed by atoms with Gasteiger partial charge in [0.2, 0.25) is 5.82 Å². The van der Waals surface area contributed by atoms with Crippen molar-refractivity contribution in [2.75, 3.05) is 11.4 Å². The van der Waals surface area contributed by atoms with E-state index in [2.05, 4.69) is 24.9 Å². The fourth-order valence-electron chi connectivity index (χ4n) is 3.68. The molecule has 36 heavy (non-hydrogen) atoms. The van der Waals surface area contributed by atoms with Crippen molar-refractivity contribution in [2.45, 2.75) is 37.5 Å². The molecule has 190 valence electrons. The summed E-state index contributed by atoms with van der Waals surface area (Å²) in [4.78, 5) is 36.6. The maximum atomic E-state index is 15.0. The highest BCUT2D eigenvalue weighted by Gasteiger charge is 2.45. The summed E-state index contributed by atoms with van der Waals surface area (Å²) in [6.07, 6.45) is -5.06. The minimum Gasteiger partial charge on any atom is -0.441 e. The Kier molecular flexibility index (Phi) is 6.24. The zero-order valence-electron chi connectivity index (χ0n) is 18.2. The number of nitrogens with zero attached hydrogens (tertiary/aromatic N) is 6. The zero-order chi connectivity index (χ0) is 25.6. The number of aromatic nitrogens is 5. The van der Waals surface area contributed by atoms with Crippen LogP contribution in [0.1, 0.15) is 18.9 Å². The van der Waals surface area contributed by atoms with E-state index in [0.717, 1.165) is 23.8 Å². The molecule has 5 rings (SSSR count). The third-order valence-electron chi connectivity index (χ3n) is 5.58. The Morgan fingerprint density at radius 3 is 2.58 bits per heavy atom. The summed E-state index contributed by atoms with van der Waals surface area (Å²) in [6, 6.07) is 7.26. The number of phosphoric ester groups is 1. The van der Waals surface area contributed by atoms with Crippen LogP contribution < -0.4 is 4.90 Å². The van der Waals surface area contributed by atoms with Crippen molar-refractivity contribution in [1.29, 1.82) is 0 Å². The molecule has 16 heteroatoms. The summed E-state index contributed by atoms with van der Waals surface area (Å²) in [5.41, 5.74) is 1.04. The molecule has 1 aromatic carbocycles. The number of anilines is 1. The van der Waals surface area contributed by atoms with Gasteiger partial charge in [0.1, 0.15) is 11.5 Å². The van der Waals surface area contributed by atoms with E-state index in [0.29, 0.717) is 17.1 Å². The highest BCUT2D eigenvalue weighted by Crippen LogP contribution is 2.41. The fraction of sp³-hybridized carbons (Fsp3) is 0.350. The van der Waals surface area contributed by atoms with Crippen molar-refractivity contribution in [2.24, 2.45) is 0 Å². The first-order valence-corrected chi connectivity index (χ1v) is 12.2. The van der Waals surface area contributed by atoms with Crippen molar-refractivity contribution < 1.29 is 41.6 Å². The van der Waals surface area contributed by atoms with Gasteiger partial charge in [0, 0.05) is 17.3 Å². The number of hydrogen-bond acceptors (Lipinski definition) is 8. The summed E-state index contributed by atoms with van der Waals surface area (Å²) >= 11 is 0. The lowest BCUT2D eigenvalue weighted by Gasteiger charge is -2.21. The molecule has 1 unspecified atom stereocenters. The Bertz CT molecular complexity index is 1330. The molecule has 1 saturated carbocycles. The molecule has 1 amide bonds. The molecule has 3 aromatic rings. The van der Waals surface area contributed by atoms with Crippen molar-refractivity contribution in [3.63, 3.8) is 0 Å². The van der Waals surface area contributed by atoms with Gasteiger partial charge in [0.25, 0.3) is 6.43 Å². The second-order valence-electron chi connectivity index (χ2n) is 8.19. The third kappa shape index (κ3) is 5.09. The normalized spacial score (nSPS) is 19.1. The molecule has 0 spiro atoms. The molecule has 0 bridgehead atoms. The van der Waals surface area contributed by atoms with Gasteiger partial charge in [0.05, 0.1) is 18.3 Å². The predicted molar refractivity (Wildman–Crippen MR) is 115 cm³/mol. The van der Waals surface area contributed by atoms with E-state index in [1.165, 1.54) is 18.3 Å². The van der Waals surface area contributed by atoms with Crippen LogP contribution in [0.25, 0.3) is 22.6 Å². The Morgan fingerprint density at radius 1 is 1.19 bits per heavy atom. The molecular formula is C20H18F3N6O6P. The molecule has 2 aliphatic rings. The highest BCUT2D eigenvalue weighted by atomic mass is 31.2. The Balaban J connectivity index is 1.32. The average molecular weight is 526 g/mol. The first-order chi connectivity index (χ1) is 17.1. The molecule has 1 saturated heterocycles. The summed E-state index contributed by atoms with van der Waals surface area (Å²) < 4.78 is 61.4. The number of tetrazole rings is 1. The molecule has 2 fully saturated rings. The second-order valence-corrected chi connectivity index (χ2v) is 9.38.